The van der Waals surface area contributed by atoms with Crippen LogP contribution in [0.3, 0.4) is 0 Å². The van der Waals surface area contributed by atoms with Gasteiger partial charge in [0.2, 0.25) is 11.8 Å². The first-order chi connectivity index (χ1) is 14.3. The molecule has 0 aliphatic carbocycles. The van der Waals surface area contributed by atoms with E-state index >= 15 is 0 Å². The molecule has 0 radical (unpaired) electrons. The molecule has 1 heterocycles. The highest BCUT2D eigenvalue weighted by molar-refractivity contribution is 6.34. The van der Waals surface area contributed by atoms with E-state index in [2.05, 4.69) is 10.2 Å². The molecule has 1 amide bonds. The van der Waals surface area contributed by atoms with Crippen molar-refractivity contribution in [3.63, 3.8) is 0 Å². The lowest BCUT2D eigenvalue weighted by Gasteiger charge is -2.15. The minimum absolute atomic E-state index is 0.0161. The Bertz CT molecular complexity index is 1100. The zero-order valence-corrected chi connectivity index (χ0v) is 17.0. The maximum atomic E-state index is 12.6. The van der Waals surface area contributed by atoms with Crippen molar-refractivity contribution in [2.24, 2.45) is 0 Å². The minimum atomic E-state index is -0.585. The maximum absolute atomic E-state index is 12.6. The largest absolute Gasteiger partial charge is 0.493 e. The van der Waals surface area contributed by atoms with Crippen molar-refractivity contribution >= 4 is 23.2 Å². The van der Waals surface area contributed by atoms with Gasteiger partial charge in [0.25, 0.3) is 11.6 Å². The van der Waals surface area contributed by atoms with Crippen LogP contribution in [0.25, 0.3) is 11.5 Å². The van der Waals surface area contributed by atoms with Crippen LogP contribution in [0.2, 0.25) is 5.02 Å². The molecular formula is C19H17ClN4O6. The lowest BCUT2D eigenvalue weighted by atomic mass is 10.2. The van der Waals surface area contributed by atoms with E-state index in [-0.39, 0.29) is 34.6 Å². The molecule has 156 valence electrons. The molecule has 0 atom stereocenters. The van der Waals surface area contributed by atoms with Gasteiger partial charge in [-0.15, -0.1) is 10.2 Å². The quantitative estimate of drug-likeness (QED) is 0.410. The van der Waals surface area contributed by atoms with Crippen molar-refractivity contribution in [3.8, 4) is 23.0 Å². The highest BCUT2D eigenvalue weighted by Crippen LogP contribution is 2.32. The van der Waals surface area contributed by atoms with Gasteiger partial charge in [-0.25, -0.2) is 0 Å². The molecule has 0 aliphatic rings. The molecule has 3 rings (SSSR count). The third-order valence-corrected chi connectivity index (χ3v) is 4.52. The second kappa shape index (κ2) is 8.78. The van der Waals surface area contributed by atoms with Crippen molar-refractivity contribution in [3.05, 3.63) is 63.0 Å². The molecule has 0 aliphatic heterocycles. The number of nitro groups is 1. The van der Waals surface area contributed by atoms with Gasteiger partial charge in [-0.1, -0.05) is 11.6 Å². The molecule has 1 aromatic heterocycles. The van der Waals surface area contributed by atoms with Crippen molar-refractivity contribution in [1.82, 2.24) is 15.1 Å². The van der Waals surface area contributed by atoms with E-state index in [0.717, 1.165) is 6.07 Å². The standard InChI is InChI=1S/C19H17ClN4O6/c1-23(19(25)13-6-5-12(24(26)27)9-14(13)20)10-17-21-22-18(30-17)11-4-7-15(28-2)16(8-11)29-3/h4-9H,10H2,1-3H3. The highest BCUT2D eigenvalue weighted by Gasteiger charge is 2.20. The van der Waals surface area contributed by atoms with Crippen molar-refractivity contribution in [1.29, 1.82) is 0 Å². The van der Waals surface area contributed by atoms with E-state index < -0.39 is 10.8 Å². The van der Waals surface area contributed by atoms with Crippen LogP contribution >= 0.6 is 11.6 Å². The van der Waals surface area contributed by atoms with Crippen LogP contribution in [0.15, 0.2) is 40.8 Å². The molecule has 3 aromatic rings. The van der Waals surface area contributed by atoms with Gasteiger partial charge >= 0.3 is 0 Å². The number of methoxy groups -OCH3 is 2. The molecule has 0 bridgehead atoms. The summed E-state index contributed by atoms with van der Waals surface area (Å²) < 4.78 is 16.1. The van der Waals surface area contributed by atoms with Gasteiger partial charge in [0.15, 0.2) is 11.5 Å². The lowest BCUT2D eigenvalue weighted by Crippen LogP contribution is -2.26. The van der Waals surface area contributed by atoms with Gasteiger partial charge in [0.1, 0.15) is 0 Å². The Morgan fingerprint density at radius 3 is 2.53 bits per heavy atom. The Morgan fingerprint density at radius 1 is 1.17 bits per heavy atom. The third kappa shape index (κ3) is 4.33. The van der Waals surface area contributed by atoms with E-state index in [0.29, 0.717) is 17.1 Å². The summed E-state index contributed by atoms with van der Waals surface area (Å²) in [5.41, 5.74) is 0.554. The number of ether oxygens (including phenoxy) is 2. The summed E-state index contributed by atoms with van der Waals surface area (Å²) >= 11 is 6.03. The maximum Gasteiger partial charge on any atom is 0.270 e. The number of non-ortho nitro benzene ring substituents is 1. The summed E-state index contributed by atoms with van der Waals surface area (Å²) in [5, 5.41) is 18.8. The van der Waals surface area contributed by atoms with Gasteiger partial charge in [0, 0.05) is 24.7 Å². The second-order valence-corrected chi connectivity index (χ2v) is 6.56. The Kier molecular flexibility index (Phi) is 6.17. The van der Waals surface area contributed by atoms with Gasteiger partial charge < -0.3 is 18.8 Å². The molecule has 2 aromatic carbocycles. The highest BCUT2D eigenvalue weighted by atomic mass is 35.5. The summed E-state index contributed by atoms with van der Waals surface area (Å²) in [7, 11) is 4.58. The zero-order chi connectivity index (χ0) is 21.8. The summed E-state index contributed by atoms with van der Waals surface area (Å²) in [6.45, 7) is 0.0203. The van der Waals surface area contributed by atoms with Gasteiger partial charge in [0.05, 0.1) is 36.3 Å². The van der Waals surface area contributed by atoms with Crippen molar-refractivity contribution < 1.29 is 23.6 Å². The van der Waals surface area contributed by atoms with Crippen LogP contribution in [0, 0.1) is 10.1 Å². The number of hydrogen-bond donors (Lipinski definition) is 0. The molecule has 30 heavy (non-hydrogen) atoms. The lowest BCUT2D eigenvalue weighted by molar-refractivity contribution is -0.384. The average Bonchev–Trinajstić information content (AvgIpc) is 3.20. The van der Waals surface area contributed by atoms with Crippen molar-refractivity contribution in [2.75, 3.05) is 21.3 Å². The molecule has 0 saturated carbocycles. The average molecular weight is 433 g/mol. The van der Waals surface area contributed by atoms with Crippen molar-refractivity contribution in [2.45, 2.75) is 6.54 Å². The Balaban J connectivity index is 1.76. The van der Waals surface area contributed by atoms with Crippen LogP contribution in [-0.2, 0) is 6.54 Å². The molecule has 0 fully saturated rings. The zero-order valence-electron chi connectivity index (χ0n) is 16.3. The number of halogens is 1. The van der Waals surface area contributed by atoms with Crippen LogP contribution in [0.1, 0.15) is 16.2 Å². The smallest absolute Gasteiger partial charge is 0.270 e. The summed E-state index contributed by atoms with van der Waals surface area (Å²) in [6, 6.07) is 8.80. The molecular weight excluding hydrogens is 416 g/mol. The van der Waals surface area contributed by atoms with Gasteiger partial charge in [-0.05, 0) is 24.3 Å². The first-order valence-corrected chi connectivity index (χ1v) is 8.96. The molecule has 0 N–H and O–H groups in total. The van der Waals surface area contributed by atoms with E-state index in [1.807, 2.05) is 0 Å². The first-order valence-electron chi connectivity index (χ1n) is 8.58. The fourth-order valence-corrected chi connectivity index (χ4v) is 2.93. The number of carbonyl (C=O) groups excluding carboxylic acids is 1. The van der Waals surface area contributed by atoms with Gasteiger partial charge in [-0.2, -0.15) is 0 Å². The number of nitrogens with zero attached hydrogens (tertiary/aromatic N) is 4. The number of amides is 1. The van der Waals surface area contributed by atoms with Crippen LogP contribution in [0.4, 0.5) is 5.69 Å². The van der Waals surface area contributed by atoms with Crippen LogP contribution in [0.5, 0.6) is 11.5 Å². The normalized spacial score (nSPS) is 10.5. The molecule has 0 saturated heterocycles. The van der Waals surface area contributed by atoms with Gasteiger partial charge in [-0.3, -0.25) is 14.9 Å². The predicted octanol–water partition coefficient (Wildman–Crippen LogP) is 3.59. The van der Waals surface area contributed by atoms with Crippen LogP contribution < -0.4 is 9.47 Å². The van der Waals surface area contributed by atoms with E-state index in [4.69, 9.17) is 25.5 Å². The number of hydrogen-bond acceptors (Lipinski definition) is 8. The number of carbonyl (C=O) groups is 1. The summed E-state index contributed by atoms with van der Waals surface area (Å²) in [6.07, 6.45) is 0. The fraction of sp³-hybridized carbons (Fsp3) is 0.211. The fourth-order valence-electron chi connectivity index (χ4n) is 2.67. The van der Waals surface area contributed by atoms with E-state index in [1.54, 1.807) is 18.2 Å². The number of benzene rings is 2. The molecule has 11 heteroatoms. The summed E-state index contributed by atoms with van der Waals surface area (Å²) in [4.78, 5) is 24.2. The Morgan fingerprint density at radius 2 is 1.90 bits per heavy atom. The Hall–Kier alpha value is -3.66. The second-order valence-electron chi connectivity index (χ2n) is 6.15. The number of rotatable bonds is 7. The number of aromatic nitrogens is 2. The Labute approximate surface area is 176 Å². The SMILES string of the molecule is COc1ccc(-c2nnc(CN(C)C(=O)c3ccc([N+](=O)[O-])cc3Cl)o2)cc1OC. The minimum Gasteiger partial charge on any atom is -0.493 e. The monoisotopic (exact) mass is 432 g/mol. The predicted molar refractivity (Wildman–Crippen MR) is 107 cm³/mol. The third-order valence-electron chi connectivity index (χ3n) is 4.21. The molecule has 10 nitrogen and oxygen atoms in total. The molecule has 0 spiro atoms. The van der Waals surface area contributed by atoms with E-state index in [1.165, 1.54) is 38.3 Å². The number of nitro benzene ring substituents is 1. The van der Waals surface area contributed by atoms with E-state index in [9.17, 15) is 14.9 Å². The van der Waals surface area contributed by atoms with Crippen LogP contribution in [-0.4, -0.2) is 47.2 Å². The topological polar surface area (TPSA) is 121 Å². The summed E-state index contributed by atoms with van der Waals surface area (Å²) in [5.74, 6) is 1.08. The first kappa shape index (κ1) is 21.1. The molecule has 0 unspecified atom stereocenters.